The summed E-state index contributed by atoms with van der Waals surface area (Å²) in [6, 6.07) is 7.47. The average molecular weight is 361 g/mol. The largest absolute Gasteiger partial charge is 0.481 e. The van der Waals surface area contributed by atoms with Crippen LogP contribution in [0.5, 0.6) is 0 Å². The van der Waals surface area contributed by atoms with Gasteiger partial charge < -0.3 is 10.4 Å². The van der Waals surface area contributed by atoms with Crippen molar-refractivity contribution < 1.29 is 14.7 Å². The first-order chi connectivity index (χ1) is 8.30. The van der Waals surface area contributed by atoms with Crippen LogP contribution in [0.4, 0.5) is 5.69 Å². The number of nitrogens with one attached hydrogen (secondary N) is 1. The summed E-state index contributed by atoms with van der Waals surface area (Å²) >= 11 is 2.14. The van der Waals surface area contributed by atoms with E-state index in [-0.39, 0.29) is 18.7 Å². The zero-order valence-corrected chi connectivity index (χ0v) is 12.5. The van der Waals surface area contributed by atoms with Gasteiger partial charge in [-0.1, -0.05) is 26.0 Å². The van der Waals surface area contributed by atoms with Crippen LogP contribution >= 0.6 is 22.6 Å². The van der Waals surface area contributed by atoms with E-state index in [4.69, 9.17) is 5.11 Å². The van der Waals surface area contributed by atoms with E-state index in [9.17, 15) is 9.59 Å². The summed E-state index contributed by atoms with van der Waals surface area (Å²) in [5, 5.41) is 11.6. The smallest absolute Gasteiger partial charge is 0.303 e. The molecule has 18 heavy (non-hydrogen) atoms. The molecule has 0 saturated heterocycles. The van der Waals surface area contributed by atoms with Crippen molar-refractivity contribution in [3.63, 3.8) is 0 Å². The molecule has 2 N–H and O–H groups in total. The molecule has 0 aromatic heterocycles. The van der Waals surface area contributed by atoms with Crippen molar-refractivity contribution >= 4 is 40.2 Å². The van der Waals surface area contributed by atoms with Crippen LogP contribution in [0.2, 0.25) is 0 Å². The van der Waals surface area contributed by atoms with Gasteiger partial charge in [-0.25, -0.2) is 0 Å². The Bertz CT molecular complexity index is 457. The summed E-state index contributed by atoms with van der Waals surface area (Å²) in [6.07, 6.45) is 0.163. The first-order valence-electron chi connectivity index (χ1n) is 5.56. The monoisotopic (exact) mass is 361 g/mol. The molecular weight excluding hydrogens is 345 g/mol. The Kier molecular flexibility index (Phi) is 5.13. The number of benzene rings is 1. The Balaban J connectivity index is 2.62. The number of para-hydroxylation sites is 1. The number of anilines is 1. The van der Waals surface area contributed by atoms with Gasteiger partial charge in [0, 0.05) is 9.99 Å². The van der Waals surface area contributed by atoms with Crippen LogP contribution in [0.25, 0.3) is 0 Å². The van der Waals surface area contributed by atoms with Gasteiger partial charge in [-0.05, 0) is 40.1 Å². The molecule has 1 aromatic rings. The molecule has 4 nitrogen and oxygen atoms in total. The summed E-state index contributed by atoms with van der Waals surface area (Å²) < 4.78 is 0.958. The van der Waals surface area contributed by atoms with Gasteiger partial charge in [-0.15, -0.1) is 0 Å². The molecule has 0 atom stereocenters. The van der Waals surface area contributed by atoms with Gasteiger partial charge in [-0.2, -0.15) is 0 Å². The summed E-state index contributed by atoms with van der Waals surface area (Å²) in [5.41, 5.74) is 0.213. The lowest BCUT2D eigenvalue weighted by atomic mass is 9.85. The van der Waals surface area contributed by atoms with Crippen LogP contribution < -0.4 is 5.32 Å². The quantitative estimate of drug-likeness (QED) is 0.792. The number of hydrogen-bond donors (Lipinski definition) is 2. The van der Waals surface area contributed by atoms with E-state index in [0.717, 1.165) is 9.26 Å². The molecule has 0 bridgehead atoms. The van der Waals surface area contributed by atoms with Gasteiger partial charge in [0.1, 0.15) is 0 Å². The van der Waals surface area contributed by atoms with Crippen LogP contribution in [0.1, 0.15) is 26.7 Å². The standard InChI is InChI=1S/C13H16INO3/c1-13(2,8-12(17)18)7-11(16)15-10-6-4-3-5-9(10)14/h3-6H,7-8H2,1-2H3,(H,15,16)(H,17,18). The number of carboxylic acid groups (broad SMARTS) is 1. The summed E-state index contributed by atoms with van der Waals surface area (Å²) in [5.74, 6) is -1.05. The maximum absolute atomic E-state index is 11.9. The molecule has 0 unspecified atom stereocenters. The Hall–Kier alpha value is -1.11. The minimum atomic E-state index is -0.887. The molecule has 0 spiro atoms. The van der Waals surface area contributed by atoms with Crippen molar-refractivity contribution in [3.8, 4) is 0 Å². The number of carbonyl (C=O) groups is 2. The second-order valence-electron chi connectivity index (χ2n) is 4.94. The molecule has 0 fully saturated rings. The molecule has 0 heterocycles. The van der Waals surface area contributed by atoms with Crippen molar-refractivity contribution in [2.45, 2.75) is 26.7 Å². The maximum atomic E-state index is 11.9. The number of rotatable bonds is 5. The van der Waals surface area contributed by atoms with E-state index in [0.29, 0.717) is 0 Å². The molecular formula is C13H16INO3. The van der Waals surface area contributed by atoms with Gasteiger partial charge in [0.2, 0.25) is 5.91 Å². The van der Waals surface area contributed by atoms with Crippen LogP contribution in [0, 0.1) is 8.99 Å². The van der Waals surface area contributed by atoms with Crippen molar-refractivity contribution in [2.24, 2.45) is 5.41 Å². The fraction of sp³-hybridized carbons (Fsp3) is 0.385. The predicted octanol–water partition coefficient (Wildman–Crippen LogP) is 3.12. The van der Waals surface area contributed by atoms with E-state index in [2.05, 4.69) is 27.9 Å². The second-order valence-corrected chi connectivity index (χ2v) is 6.10. The number of carbonyl (C=O) groups excluding carboxylic acids is 1. The van der Waals surface area contributed by atoms with Crippen LogP contribution in [-0.4, -0.2) is 17.0 Å². The fourth-order valence-electron chi connectivity index (χ4n) is 1.66. The Morgan fingerprint density at radius 1 is 1.28 bits per heavy atom. The predicted molar refractivity (Wildman–Crippen MR) is 78.4 cm³/mol. The molecule has 0 radical (unpaired) electrons. The van der Waals surface area contributed by atoms with Crippen molar-refractivity contribution in [1.82, 2.24) is 0 Å². The van der Waals surface area contributed by atoms with Crippen LogP contribution in [0.3, 0.4) is 0 Å². The zero-order chi connectivity index (χ0) is 13.8. The van der Waals surface area contributed by atoms with E-state index in [1.165, 1.54) is 0 Å². The molecule has 5 heteroatoms. The third kappa shape index (κ3) is 5.03. The van der Waals surface area contributed by atoms with Crippen molar-refractivity contribution in [1.29, 1.82) is 0 Å². The number of carboxylic acids is 1. The molecule has 1 amide bonds. The topological polar surface area (TPSA) is 66.4 Å². The van der Waals surface area contributed by atoms with Crippen LogP contribution in [0.15, 0.2) is 24.3 Å². The first kappa shape index (κ1) is 14.9. The molecule has 1 aromatic carbocycles. The highest BCUT2D eigenvalue weighted by Crippen LogP contribution is 2.26. The maximum Gasteiger partial charge on any atom is 0.303 e. The van der Waals surface area contributed by atoms with Crippen LogP contribution in [-0.2, 0) is 9.59 Å². The minimum Gasteiger partial charge on any atom is -0.481 e. The highest BCUT2D eigenvalue weighted by Gasteiger charge is 2.25. The van der Waals surface area contributed by atoms with E-state index in [1.54, 1.807) is 13.8 Å². The Morgan fingerprint density at radius 2 is 1.89 bits per heavy atom. The van der Waals surface area contributed by atoms with Gasteiger partial charge in [-0.3, -0.25) is 9.59 Å². The van der Waals surface area contributed by atoms with Gasteiger partial charge in [0.15, 0.2) is 0 Å². The third-order valence-electron chi connectivity index (χ3n) is 2.42. The van der Waals surface area contributed by atoms with E-state index >= 15 is 0 Å². The molecule has 0 saturated carbocycles. The number of aliphatic carboxylic acids is 1. The minimum absolute atomic E-state index is 0.0215. The lowest BCUT2D eigenvalue weighted by Crippen LogP contribution is -2.25. The summed E-state index contributed by atoms with van der Waals surface area (Å²) in [6.45, 7) is 3.55. The number of halogens is 1. The van der Waals surface area contributed by atoms with Crippen molar-refractivity contribution in [2.75, 3.05) is 5.32 Å². The van der Waals surface area contributed by atoms with Gasteiger partial charge in [0.05, 0.1) is 12.1 Å². The lowest BCUT2D eigenvalue weighted by Gasteiger charge is -2.21. The third-order valence-corrected chi connectivity index (χ3v) is 3.36. The van der Waals surface area contributed by atoms with E-state index < -0.39 is 11.4 Å². The van der Waals surface area contributed by atoms with Gasteiger partial charge >= 0.3 is 5.97 Å². The molecule has 0 aliphatic heterocycles. The normalized spacial score (nSPS) is 11.1. The first-order valence-corrected chi connectivity index (χ1v) is 6.64. The van der Waals surface area contributed by atoms with E-state index in [1.807, 2.05) is 24.3 Å². The molecule has 0 aliphatic carbocycles. The lowest BCUT2D eigenvalue weighted by molar-refractivity contribution is -0.139. The molecule has 1 rings (SSSR count). The zero-order valence-electron chi connectivity index (χ0n) is 10.4. The molecule has 0 aliphatic rings. The summed E-state index contributed by atoms with van der Waals surface area (Å²) in [7, 11) is 0. The van der Waals surface area contributed by atoms with Crippen molar-refractivity contribution in [3.05, 3.63) is 27.8 Å². The summed E-state index contributed by atoms with van der Waals surface area (Å²) in [4.78, 5) is 22.5. The number of hydrogen-bond acceptors (Lipinski definition) is 2. The average Bonchev–Trinajstić information content (AvgIpc) is 2.18. The molecule has 98 valence electrons. The SMILES string of the molecule is CC(C)(CC(=O)O)CC(=O)Nc1ccccc1I. The highest BCUT2D eigenvalue weighted by atomic mass is 127. The second kappa shape index (κ2) is 6.17. The highest BCUT2D eigenvalue weighted by molar-refractivity contribution is 14.1. The number of amides is 1. The van der Waals surface area contributed by atoms with Gasteiger partial charge in [0.25, 0.3) is 0 Å². The Morgan fingerprint density at radius 3 is 2.44 bits per heavy atom. The fourth-order valence-corrected chi connectivity index (χ4v) is 2.19. The Labute approximate surface area is 120 Å².